The molecule has 1 saturated carbocycles. The first-order valence-electron chi connectivity index (χ1n) is 13.9. The Morgan fingerprint density at radius 2 is 1.84 bits per heavy atom. The standard InChI is InChI=1S/C30H37F3N4O/c1-36-20-26-25(3-2-4-28(26)35-36)29(38)18-22-7-5-21(6-8-22)10-14-37-15-11-24-17-23(9-13-30(31,32)33)19-34-27(24)12-16-37/h2-4,17,19-22H,5-16,18H2,1H3. The van der Waals surface area contributed by atoms with E-state index in [2.05, 4.69) is 15.0 Å². The normalized spacial score (nSPS) is 20.8. The van der Waals surface area contributed by atoms with Gasteiger partial charge in [0, 0.05) is 68.4 Å². The van der Waals surface area contributed by atoms with Crippen LogP contribution in [0.5, 0.6) is 0 Å². The zero-order valence-corrected chi connectivity index (χ0v) is 22.1. The lowest BCUT2D eigenvalue weighted by molar-refractivity contribution is -0.134. The average molecular weight is 527 g/mol. The van der Waals surface area contributed by atoms with Gasteiger partial charge in [0.1, 0.15) is 0 Å². The molecule has 2 aliphatic rings. The molecular weight excluding hydrogens is 489 g/mol. The Hall–Kier alpha value is -2.74. The van der Waals surface area contributed by atoms with E-state index >= 15 is 0 Å². The Balaban J connectivity index is 1.06. The van der Waals surface area contributed by atoms with Crippen LogP contribution in [0.25, 0.3) is 10.9 Å². The average Bonchev–Trinajstić information content (AvgIpc) is 3.16. The maximum Gasteiger partial charge on any atom is 0.389 e. The zero-order valence-electron chi connectivity index (χ0n) is 22.1. The highest BCUT2D eigenvalue weighted by Crippen LogP contribution is 2.34. The molecule has 0 spiro atoms. The summed E-state index contributed by atoms with van der Waals surface area (Å²) in [5.41, 5.74) is 4.50. The van der Waals surface area contributed by atoms with Gasteiger partial charge in [0.2, 0.25) is 0 Å². The second kappa shape index (κ2) is 11.6. The van der Waals surface area contributed by atoms with E-state index in [0.717, 1.165) is 79.5 Å². The number of aryl methyl sites for hydroxylation is 2. The molecule has 0 radical (unpaired) electrons. The molecular formula is C30H37F3N4O. The van der Waals surface area contributed by atoms with E-state index in [4.69, 9.17) is 0 Å². The van der Waals surface area contributed by atoms with Crippen LogP contribution >= 0.6 is 0 Å². The lowest BCUT2D eigenvalue weighted by Crippen LogP contribution is -2.29. The molecule has 0 atom stereocenters. The van der Waals surface area contributed by atoms with Crippen LogP contribution in [0.3, 0.4) is 0 Å². The van der Waals surface area contributed by atoms with Crippen molar-refractivity contribution in [2.24, 2.45) is 18.9 Å². The lowest BCUT2D eigenvalue weighted by Gasteiger charge is -2.30. The summed E-state index contributed by atoms with van der Waals surface area (Å²) in [6.45, 7) is 2.93. The second-order valence-electron chi connectivity index (χ2n) is 11.3. The van der Waals surface area contributed by atoms with Crippen molar-refractivity contribution in [2.75, 3.05) is 19.6 Å². The number of pyridine rings is 1. The van der Waals surface area contributed by atoms with Gasteiger partial charge in [-0.1, -0.05) is 31.0 Å². The number of aromatic nitrogens is 3. The molecule has 38 heavy (non-hydrogen) atoms. The number of hydrogen-bond acceptors (Lipinski definition) is 4. The molecule has 0 N–H and O–H groups in total. The highest BCUT2D eigenvalue weighted by atomic mass is 19.4. The van der Waals surface area contributed by atoms with Crippen molar-refractivity contribution in [2.45, 2.75) is 70.4 Å². The molecule has 3 aromatic rings. The quantitative estimate of drug-likeness (QED) is 0.322. The van der Waals surface area contributed by atoms with E-state index in [0.29, 0.717) is 23.8 Å². The molecule has 1 aliphatic heterocycles. The summed E-state index contributed by atoms with van der Waals surface area (Å²) in [5.74, 6) is 1.38. The van der Waals surface area contributed by atoms with E-state index in [9.17, 15) is 18.0 Å². The van der Waals surface area contributed by atoms with Crippen molar-refractivity contribution in [3.05, 3.63) is 59.0 Å². The number of alkyl halides is 3. The smallest absolute Gasteiger partial charge is 0.303 e. The highest BCUT2D eigenvalue weighted by Gasteiger charge is 2.27. The van der Waals surface area contributed by atoms with Crippen LogP contribution in [0.4, 0.5) is 13.2 Å². The molecule has 0 amide bonds. The third-order valence-corrected chi connectivity index (χ3v) is 8.43. The van der Waals surface area contributed by atoms with Crippen LogP contribution in [-0.4, -0.2) is 51.3 Å². The molecule has 204 valence electrons. The van der Waals surface area contributed by atoms with Crippen molar-refractivity contribution in [1.82, 2.24) is 19.7 Å². The van der Waals surface area contributed by atoms with Crippen molar-refractivity contribution in [1.29, 1.82) is 0 Å². The number of nitrogens with zero attached hydrogens (tertiary/aromatic N) is 4. The molecule has 2 aromatic heterocycles. The molecule has 5 rings (SSSR count). The third kappa shape index (κ3) is 6.82. The summed E-state index contributed by atoms with van der Waals surface area (Å²) >= 11 is 0. The fourth-order valence-electron chi connectivity index (χ4n) is 6.20. The van der Waals surface area contributed by atoms with Crippen LogP contribution in [0.15, 0.2) is 36.7 Å². The number of benzene rings is 1. The largest absolute Gasteiger partial charge is 0.389 e. The Bertz CT molecular complexity index is 1260. The van der Waals surface area contributed by atoms with E-state index in [1.165, 1.54) is 12.8 Å². The predicted octanol–water partition coefficient (Wildman–Crippen LogP) is 6.33. The summed E-state index contributed by atoms with van der Waals surface area (Å²) in [7, 11) is 1.88. The summed E-state index contributed by atoms with van der Waals surface area (Å²) in [4.78, 5) is 20.1. The predicted molar refractivity (Wildman–Crippen MR) is 142 cm³/mol. The molecule has 0 bridgehead atoms. The fourth-order valence-corrected chi connectivity index (χ4v) is 6.20. The van der Waals surface area contributed by atoms with E-state index in [-0.39, 0.29) is 12.2 Å². The van der Waals surface area contributed by atoms with Crippen molar-refractivity contribution >= 4 is 16.7 Å². The SMILES string of the molecule is Cn1cc2c(C(=O)CC3CCC(CCN4CCc5cc(CCC(F)(F)F)cnc5CC4)CC3)cccc2n1. The number of fused-ring (bicyclic) bond motifs is 2. The van der Waals surface area contributed by atoms with Crippen LogP contribution in [-0.2, 0) is 26.3 Å². The maximum atomic E-state index is 13.1. The number of rotatable bonds is 8. The Morgan fingerprint density at radius 3 is 2.63 bits per heavy atom. The highest BCUT2D eigenvalue weighted by molar-refractivity contribution is 6.07. The molecule has 0 unspecified atom stereocenters. The van der Waals surface area contributed by atoms with E-state index < -0.39 is 12.6 Å². The van der Waals surface area contributed by atoms with Gasteiger partial charge in [-0.05, 0) is 67.7 Å². The van der Waals surface area contributed by atoms with Crippen molar-refractivity contribution in [3.8, 4) is 0 Å². The van der Waals surface area contributed by atoms with Crippen molar-refractivity contribution in [3.63, 3.8) is 0 Å². The summed E-state index contributed by atoms with van der Waals surface area (Å²) in [6, 6.07) is 7.74. The van der Waals surface area contributed by atoms with E-state index in [1.807, 2.05) is 37.5 Å². The first-order chi connectivity index (χ1) is 18.2. The molecule has 1 aromatic carbocycles. The first-order valence-corrected chi connectivity index (χ1v) is 13.9. The lowest BCUT2D eigenvalue weighted by atomic mass is 9.78. The third-order valence-electron chi connectivity index (χ3n) is 8.43. The van der Waals surface area contributed by atoms with Gasteiger partial charge in [0.05, 0.1) is 5.52 Å². The Labute approximate surface area is 222 Å². The number of Topliss-reactive ketones (excluding diaryl/α,β-unsaturated/α-hetero) is 1. The number of carbonyl (C=O) groups excluding carboxylic acids is 1. The van der Waals surface area contributed by atoms with Crippen LogP contribution < -0.4 is 0 Å². The number of carbonyl (C=O) groups is 1. The Kier molecular flexibility index (Phi) is 8.17. The van der Waals surface area contributed by atoms with Gasteiger partial charge in [-0.15, -0.1) is 0 Å². The van der Waals surface area contributed by atoms with Gasteiger partial charge in [-0.3, -0.25) is 14.5 Å². The Morgan fingerprint density at radius 1 is 1.08 bits per heavy atom. The number of halogens is 3. The van der Waals surface area contributed by atoms with Gasteiger partial charge in [0.25, 0.3) is 0 Å². The van der Waals surface area contributed by atoms with Gasteiger partial charge >= 0.3 is 6.18 Å². The molecule has 5 nitrogen and oxygen atoms in total. The fraction of sp³-hybridized carbons (Fsp3) is 0.567. The molecule has 3 heterocycles. The maximum absolute atomic E-state index is 13.1. The molecule has 1 fully saturated rings. The summed E-state index contributed by atoms with van der Waals surface area (Å²) < 4.78 is 39.5. The monoisotopic (exact) mass is 526 g/mol. The van der Waals surface area contributed by atoms with Gasteiger partial charge in [-0.25, -0.2) is 0 Å². The van der Waals surface area contributed by atoms with Crippen LogP contribution in [0.1, 0.15) is 72.1 Å². The topological polar surface area (TPSA) is 51.0 Å². The number of hydrogen-bond donors (Lipinski definition) is 0. The van der Waals surface area contributed by atoms with Crippen LogP contribution in [0, 0.1) is 11.8 Å². The van der Waals surface area contributed by atoms with Gasteiger partial charge < -0.3 is 4.90 Å². The summed E-state index contributed by atoms with van der Waals surface area (Å²) in [6.07, 6.45) is 6.67. The zero-order chi connectivity index (χ0) is 26.7. The molecule has 0 saturated heterocycles. The number of ketones is 1. The van der Waals surface area contributed by atoms with E-state index in [1.54, 1.807) is 10.9 Å². The van der Waals surface area contributed by atoms with Gasteiger partial charge in [0.15, 0.2) is 5.78 Å². The van der Waals surface area contributed by atoms with Crippen LogP contribution in [0.2, 0.25) is 0 Å². The van der Waals surface area contributed by atoms with Crippen molar-refractivity contribution < 1.29 is 18.0 Å². The molecule has 1 aliphatic carbocycles. The first kappa shape index (κ1) is 26.9. The minimum atomic E-state index is -4.13. The summed E-state index contributed by atoms with van der Waals surface area (Å²) in [5, 5.41) is 5.37. The minimum absolute atomic E-state index is 0.000906. The second-order valence-corrected chi connectivity index (χ2v) is 11.3. The minimum Gasteiger partial charge on any atom is -0.303 e. The van der Waals surface area contributed by atoms with Gasteiger partial charge in [-0.2, -0.15) is 18.3 Å². The molecule has 8 heteroatoms.